The zero-order valence-corrected chi connectivity index (χ0v) is 12.3. The molecule has 0 unspecified atom stereocenters. The van der Waals surface area contributed by atoms with Crippen molar-refractivity contribution in [1.82, 2.24) is 4.90 Å². The van der Waals surface area contributed by atoms with Crippen LogP contribution in [0.4, 0.5) is 0 Å². The number of carbonyl (C=O) groups excluding carboxylic acids is 3. The summed E-state index contributed by atoms with van der Waals surface area (Å²) in [5, 5.41) is 0. The van der Waals surface area contributed by atoms with E-state index in [9.17, 15) is 14.4 Å². The van der Waals surface area contributed by atoms with Crippen molar-refractivity contribution in [1.29, 1.82) is 0 Å². The smallest absolute Gasteiger partial charge is 0.325 e. The average molecular weight is 338 g/mol. The maximum atomic E-state index is 12.3. The summed E-state index contributed by atoms with van der Waals surface area (Å²) < 4.78 is 4.02. The second-order valence-corrected chi connectivity index (χ2v) is 6.24. The minimum absolute atomic E-state index is 0.265. The molecule has 2 amide bonds. The molecular weight excluding hydrogens is 326 g/mol. The molecular formula is C14H12BrNO4. The van der Waals surface area contributed by atoms with E-state index >= 15 is 0 Å². The summed E-state index contributed by atoms with van der Waals surface area (Å²) in [5.74, 6) is -1.12. The molecule has 0 N–H and O–H groups in total. The Kier molecular flexibility index (Phi) is 2.93. The number of imide groups is 1. The van der Waals surface area contributed by atoms with Crippen LogP contribution in [0.5, 0.6) is 0 Å². The molecule has 6 heteroatoms. The van der Waals surface area contributed by atoms with Crippen molar-refractivity contribution < 1.29 is 19.1 Å². The third-order valence-corrected chi connectivity index (χ3v) is 4.79. The van der Waals surface area contributed by atoms with Gasteiger partial charge in [0.2, 0.25) is 0 Å². The van der Waals surface area contributed by atoms with Gasteiger partial charge in [-0.25, -0.2) is 0 Å². The number of nitrogens with zero attached hydrogens (tertiary/aromatic N) is 1. The Bertz CT molecular complexity index is 594. The van der Waals surface area contributed by atoms with Crippen LogP contribution in [0.1, 0.15) is 34.1 Å². The van der Waals surface area contributed by atoms with Crippen LogP contribution < -0.4 is 0 Å². The molecule has 104 valence electrons. The molecule has 1 aliphatic carbocycles. The molecule has 5 nitrogen and oxygen atoms in total. The number of rotatable bonds is 3. The van der Waals surface area contributed by atoms with Crippen molar-refractivity contribution in [3.8, 4) is 0 Å². The Labute approximate surface area is 124 Å². The number of esters is 1. The highest BCUT2D eigenvalue weighted by atomic mass is 79.9. The van der Waals surface area contributed by atoms with Crippen LogP contribution in [0.3, 0.4) is 0 Å². The predicted octanol–water partition coefficient (Wildman–Crippen LogP) is 1.75. The number of carbonyl (C=O) groups is 3. The van der Waals surface area contributed by atoms with E-state index in [-0.39, 0.29) is 18.4 Å². The number of halogens is 1. The Morgan fingerprint density at radius 3 is 2.40 bits per heavy atom. The number of amides is 2. The number of benzene rings is 1. The van der Waals surface area contributed by atoms with Gasteiger partial charge in [0.25, 0.3) is 11.8 Å². The van der Waals surface area contributed by atoms with Crippen molar-refractivity contribution in [2.24, 2.45) is 0 Å². The summed E-state index contributed by atoms with van der Waals surface area (Å²) in [4.78, 5) is 37.6. The maximum Gasteiger partial charge on any atom is 0.325 e. The molecule has 0 aromatic heterocycles. The van der Waals surface area contributed by atoms with Crippen LogP contribution in [0.15, 0.2) is 24.3 Å². The molecule has 2 atom stereocenters. The van der Waals surface area contributed by atoms with Gasteiger partial charge in [0.05, 0.1) is 23.8 Å². The third-order valence-electron chi connectivity index (χ3n) is 3.61. The zero-order chi connectivity index (χ0) is 14.5. The fourth-order valence-electron chi connectivity index (χ4n) is 2.48. The summed E-state index contributed by atoms with van der Waals surface area (Å²) in [6.45, 7) is 1.98. The van der Waals surface area contributed by atoms with Crippen molar-refractivity contribution in [2.75, 3.05) is 6.61 Å². The molecule has 1 aromatic carbocycles. The fourth-order valence-corrected chi connectivity index (χ4v) is 3.11. The van der Waals surface area contributed by atoms with Crippen LogP contribution in [0.2, 0.25) is 0 Å². The summed E-state index contributed by atoms with van der Waals surface area (Å²) in [7, 11) is 0. The first-order valence-electron chi connectivity index (χ1n) is 6.33. The van der Waals surface area contributed by atoms with Crippen LogP contribution in [0.25, 0.3) is 0 Å². The van der Waals surface area contributed by atoms with E-state index in [0.717, 1.165) is 4.90 Å². The minimum atomic E-state index is -0.948. The van der Waals surface area contributed by atoms with Gasteiger partial charge in [-0.3, -0.25) is 19.3 Å². The molecule has 0 bridgehead atoms. The van der Waals surface area contributed by atoms with Crippen LogP contribution >= 0.6 is 15.9 Å². The lowest BCUT2D eigenvalue weighted by Gasteiger charge is -2.16. The van der Waals surface area contributed by atoms with E-state index < -0.39 is 16.3 Å². The first kappa shape index (κ1) is 13.3. The van der Waals surface area contributed by atoms with Crippen LogP contribution in [-0.2, 0) is 9.53 Å². The van der Waals surface area contributed by atoms with E-state index in [1.165, 1.54) is 0 Å². The molecule has 1 aromatic rings. The van der Waals surface area contributed by atoms with E-state index in [4.69, 9.17) is 4.74 Å². The molecule has 20 heavy (non-hydrogen) atoms. The molecule has 0 radical (unpaired) electrons. The maximum absolute atomic E-state index is 12.3. The van der Waals surface area contributed by atoms with Crippen LogP contribution in [0, 0.1) is 0 Å². The summed E-state index contributed by atoms with van der Waals surface area (Å²) in [6, 6.07) is 6.20. The zero-order valence-electron chi connectivity index (χ0n) is 10.8. The standard InChI is InChI=1S/C14H12BrNO4/c1-2-20-13(19)14(15)7-10(14)16-11(17)8-5-3-4-6-9(8)12(16)18/h3-6,10H,2,7H2,1H3/t10-,14+/m0/s1. The molecule has 3 rings (SSSR count). The van der Waals surface area contributed by atoms with Gasteiger partial charge in [-0.05, 0) is 25.5 Å². The second-order valence-electron chi connectivity index (χ2n) is 4.83. The van der Waals surface area contributed by atoms with Gasteiger partial charge in [-0.1, -0.05) is 28.1 Å². The quantitative estimate of drug-likeness (QED) is 0.479. The molecule has 0 saturated heterocycles. The van der Waals surface area contributed by atoms with Gasteiger partial charge >= 0.3 is 5.97 Å². The highest BCUT2D eigenvalue weighted by Crippen LogP contribution is 2.51. The molecule has 1 saturated carbocycles. The topological polar surface area (TPSA) is 63.7 Å². The SMILES string of the molecule is CCOC(=O)[C@@]1(Br)C[C@@H]1N1C(=O)c2ccccc2C1=O. The molecule has 1 fully saturated rings. The first-order valence-corrected chi connectivity index (χ1v) is 7.13. The van der Waals surface area contributed by atoms with Crippen molar-refractivity contribution >= 4 is 33.7 Å². The minimum Gasteiger partial charge on any atom is -0.465 e. The number of fused-ring (bicyclic) bond motifs is 1. The number of ether oxygens (including phenoxy) is 1. The highest BCUT2D eigenvalue weighted by molar-refractivity contribution is 9.10. The third kappa shape index (κ3) is 1.71. The molecule has 2 aliphatic rings. The number of hydrogen-bond acceptors (Lipinski definition) is 4. The van der Waals surface area contributed by atoms with E-state index in [2.05, 4.69) is 15.9 Å². The van der Waals surface area contributed by atoms with Gasteiger partial charge in [0.1, 0.15) is 4.32 Å². The Morgan fingerprint density at radius 2 is 1.90 bits per heavy atom. The molecule has 1 heterocycles. The summed E-state index contributed by atoms with van der Waals surface area (Å²) in [5.41, 5.74) is 0.784. The number of alkyl halides is 1. The lowest BCUT2D eigenvalue weighted by atomic mass is 10.1. The Hall–Kier alpha value is -1.69. The lowest BCUT2D eigenvalue weighted by molar-refractivity contribution is -0.143. The lowest BCUT2D eigenvalue weighted by Crippen LogP contribution is -2.38. The van der Waals surface area contributed by atoms with E-state index in [1.54, 1.807) is 31.2 Å². The van der Waals surface area contributed by atoms with Crippen molar-refractivity contribution in [3.63, 3.8) is 0 Å². The summed E-state index contributed by atoms with van der Waals surface area (Å²) >= 11 is 3.31. The van der Waals surface area contributed by atoms with Gasteiger partial charge in [0.15, 0.2) is 0 Å². The average Bonchev–Trinajstić information content (AvgIpc) is 3.05. The Balaban J connectivity index is 1.87. The van der Waals surface area contributed by atoms with Crippen molar-refractivity contribution in [2.45, 2.75) is 23.7 Å². The largest absolute Gasteiger partial charge is 0.465 e. The van der Waals surface area contributed by atoms with Crippen LogP contribution in [-0.4, -0.2) is 39.7 Å². The van der Waals surface area contributed by atoms with Gasteiger partial charge in [-0.15, -0.1) is 0 Å². The number of hydrogen-bond donors (Lipinski definition) is 0. The molecule has 0 spiro atoms. The van der Waals surface area contributed by atoms with E-state index in [0.29, 0.717) is 17.5 Å². The normalized spacial score (nSPS) is 27.5. The van der Waals surface area contributed by atoms with Gasteiger partial charge < -0.3 is 4.74 Å². The second kappa shape index (κ2) is 4.41. The van der Waals surface area contributed by atoms with E-state index in [1.807, 2.05) is 0 Å². The molecule has 1 aliphatic heterocycles. The summed E-state index contributed by atoms with van der Waals surface area (Å²) in [6.07, 6.45) is 0.386. The van der Waals surface area contributed by atoms with Gasteiger partial charge in [0, 0.05) is 0 Å². The monoisotopic (exact) mass is 337 g/mol. The fraction of sp³-hybridized carbons (Fsp3) is 0.357. The highest BCUT2D eigenvalue weighted by Gasteiger charge is 2.66. The first-order chi connectivity index (χ1) is 9.50. The van der Waals surface area contributed by atoms with Gasteiger partial charge in [-0.2, -0.15) is 0 Å². The Morgan fingerprint density at radius 1 is 1.35 bits per heavy atom. The van der Waals surface area contributed by atoms with Crippen molar-refractivity contribution in [3.05, 3.63) is 35.4 Å². The predicted molar refractivity (Wildman–Crippen MR) is 73.6 cm³/mol.